The van der Waals surface area contributed by atoms with Crippen molar-refractivity contribution in [1.82, 2.24) is 0 Å². The molecule has 0 bridgehead atoms. The van der Waals surface area contributed by atoms with Crippen LogP contribution in [0.5, 0.6) is 5.75 Å². The van der Waals surface area contributed by atoms with Gasteiger partial charge < -0.3 is 10.5 Å². The summed E-state index contributed by atoms with van der Waals surface area (Å²) >= 11 is 1.70. The van der Waals surface area contributed by atoms with E-state index < -0.39 is 0 Å². The highest BCUT2D eigenvalue weighted by Gasteiger charge is 2.14. The van der Waals surface area contributed by atoms with Crippen molar-refractivity contribution in [3.05, 3.63) is 52.0 Å². The molecule has 1 aromatic heterocycles. The number of halogens is 1. The Morgan fingerprint density at radius 3 is 2.79 bits per heavy atom. The summed E-state index contributed by atoms with van der Waals surface area (Å²) in [6.07, 6.45) is 0.849. The minimum absolute atomic E-state index is 0.142. The molecule has 102 valence electrons. The van der Waals surface area contributed by atoms with Gasteiger partial charge in [0.05, 0.1) is 6.61 Å². The van der Waals surface area contributed by atoms with Crippen molar-refractivity contribution >= 4 is 11.3 Å². The molecule has 2 nitrogen and oxygen atoms in total. The van der Waals surface area contributed by atoms with Gasteiger partial charge >= 0.3 is 0 Å². The van der Waals surface area contributed by atoms with Crippen molar-refractivity contribution in [3.8, 4) is 5.75 Å². The average molecular weight is 279 g/mol. The molecule has 0 radical (unpaired) electrons. The van der Waals surface area contributed by atoms with Gasteiger partial charge in [0.15, 0.2) is 11.6 Å². The molecular formula is C15H18FNOS. The number of hydrogen-bond acceptors (Lipinski definition) is 3. The summed E-state index contributed by atoms with van der Waals surface area (Å²) in [6, 6.07) is 9.23. The van der Waals surface area contributed by atoms with Gasteiger partial charge in [0, 0.05) is 10.8 Å². The Hall–Kier alpha value is -1.39. The van der Waals surface area contributed by atoms with Gasteiger partial charge in [-0.15, -0.1) is 11.3 Å². The zero-order chi connectivity index (χ0) is 13.7. The van der Waals surface area contributed by atoms with Gasteiger partial charge in [-0.1, -0.05) is 12.1 Å². The number of benzene rings is 1. The molecule has 2 rings (SSSR count). The topological polar surface area (TPSA) is 35.2 Å². The number of thiophene rings is 1. The Morgan fingerprint density at radius 1 is 1.37 bits per heavy atom. The second-order valence-electron chi connectivity index (χ2n) is 4.34. The molecule has 0 aliphatic heterocycles. The summed E-state index contributed by atoms with van der Waals surface area (Å²) < 4.78 is 19.1. The lowest BCUT2D eigenvalue weighted by atomic mass is 9.95. The molecule has 0 saturated heterocycles. The molecule has 1 aromatic carbocycles. The normalized spacial score (nSPS) is 12.4. The molecule has 1 atom stereocenters. The third-order valence-corrected chi connectivity index (χ3v) is 3.94. The Balaban J connectivity index is 2.16. The van der Waals surface area contributed by atoms with Gasteiger partial charge in [-0.25, -0.2) is 4.39 Å². The lowest BCUT2D eigenvalue weighted by molar-refractivity contribution is 0.321. The van der Waals surface area contributed by atoms with Gasteiger partial charge in [0.25, 0.3) is 0 Å². The standard InChI is InChI=1S/C15H18FNOS/c1-2-18-15-6-5-11(9-14(15)16)12(10-17)8-13-4-3-7-19-13/h3-7,9,12H,2,8,10,17H2,1H3. The molecule has 0 amide bonds. The second-order valence-corrected chi connectivity index (χ2v) is 5.37. The fourth-order valence-corrected chi connectivity index (χ4v) is 2.84. The van der Waals surface area contributed by atoms with Crippen molar-refractivity contribution in [1.29, 1.82) is 0 Å². The first-order valence-electron chi connectivity index (χ1n) is 6.39. The van der Waals surface area contributed by atoms with E-state index in [4.69, 9.17) is 10.5 Å². The van der Waals surface area contributed by atoms with Crippen molar-refractivity contribution in [3.63, 3.8) is 0 Å². The molecule has 0 aliphatic rings. The Labute approximate surface area is 117 Å². The maximum Gasteiger partial charge on any atom is 0.165 e. The summed E-state index contributed by atoms with van der Waals surface area (Å²) in [4.78, 5) is 1.27. The van der Waals surface area contributed by atoms with E-state index >= 15 is 0 Å². The number of nitrogens with two attached hydrogens (primary N) is 1. The van der Waals surface area contributed by atoms with Crippen LogP contribution in [0.4, 0.5) is 4.39 Å². The SMILES string of the molecule is CCOc1ccc(C(CN)Cc2cccs2)cc1F. The van der Waals surface area contributed by atoms with Crippen LogP contribution < -0.4 is 10.5 Å². The van der Waals surface area contributed by atoms with Crippen LogP contribution >= 0.6 is 11.3 Å². The molecule has 0 fully saturated rings. The van der Waals surface area contributed by atoms with Crippen LogP contribution in [-0.4, -0.2) is 13.2 Å². The summed E-state index contributed by atoms with van der Waals surface area (Å²) in [5.41, 5.74) is 6.75. The third kappa shape index (κ3) is 3.55. The van der Waals surface area contributed by atoms with Crippen LogP contribution in [0.15, 0.2) is 35.7 Å². The first kappa shape index (κ1) is 14.0. The summed E-state index contributed by atoms with van der Waals surface area (Å²) in [5, 5.41) is 2.04. The van der Waals surface area contributed by atoms with E-state index in [9.17, 15) is 4.39 Å². The molecule has 0 saturated carbocycles. The van der Waals surface area contributed by atoms with Crippen molar-refractivity contribution < 1.29 is 9.13 Å². The van der Waals surface area contributed by atoms with Crippen LogP contribution in [0, 0.1) is 5.82 Å². The van der Waals surface area contributed by atoms with Crippen molar-refractivity contribution in [2.75, 3.05) is 13.2 Å². The van der Waals surface area contributed by atoms with E-state index in [0.717, 1.165) is 12.0 Å². The molecule has 1 unspecified atom stereocenters. The van der Waals surface area contributed by atoms with E-state index in [1.54, 1.807) is 17.4 Å². The van der Waals surface area contributed by atoms with E-state index in [1.165, 1.54) is 10.9 Å². The van der Waals surface area contributed by atoms with Crippen molar-refractivity contribution in [2.45, 2.75) is 19.3 Å². The van der Waals surface area contributed by atoms with Gasteiger partial charge in [0.1, 0.15) is 0 Å². The zero-order valence-corrected chi connectivity index (χ0v) is 11.8. The monoisotopic (exact) mass is 279 g/mol. The van der Waals surface area contributed by atoms with Crippen LogP contribution in [0.2, 0.25) is 0 Å². The van der Waals surface area contributed by atoms with Crippen molar-refractivity contribution in [2.24, 2.45) is 5.73 Å². The third-order valence-electron chi connectivity index (χ3n) is 3.04. The van der Waals surface area contributed by atoms with Gasteiger partial charge in [-0.05, 0) is 49.0 Å². The van der Waals surface area contributed by atoms with E-state index in [0.29, 0.717) is 18.9 Å². The zero-order valence-electron chi connectivity index (χ0n) is 10.9. The average Bonchev–Trinajstić information content (AvgIpc) is 2.91. The van der Waals surface area contributed by atoms with Crippen LogP contribution in [0.1, 0.15) is 23.3 Å². The summed E-state index contributed by atoms with van der Waals surface area (Å²) in [7, 11) is 0. The fraction of sp³-hybridized carbons (Fsp3) is 0.333. The highest BCUT2D eigenvalue weighted by atomic mass is 32.1. The highest BCUT2D eigenvalue weighted by molar-refractivity contribution is 7.09. The predicted molar refractivity (Wildman–Crippen MR) is 77.4 cm³/mol. The number of ether oxygens (including phenoxy) is 1. The largest absolute Gasteiger partial charge is 0.491 e. The first-order valence-corrected chi connectivity index (χ1v) is 7.27. The number of hydrogen-bond donors (Lipinski definition) is 1. The quantitative estimate of drug-likeness (QED) is 0.877. The van der Waals surface area contributed by atoms with Crippen LogP contribution in [0.25, 0.3) is 0 Å². The van der Waals surface area contributed by atoms with E-state index in [2.05, 4.69) is 6.07 Å². The minimum atomic E-state index is -0.316. The van der Waals surface area contributed by atoms with E-state index in [1.807, 2.05) is 24.4 Å². The second kappa shape index (κ2) is 6.68. The Kier molecular flexibility index (Phi) is 4.93. The van der Waals surface area contributed by atoms with Gasteiger partial charge in [0.2, 0.25) is 0 Å². The maximum absolute atomic E-state index is 13.8. The van der Waals surface area contributed by atoms with Crippen LogP contribution in [-0.2, 0) is 6.42 Å². The summed E-state index contributed by atoms with van der Waals surface area (Å²) in [5.74, 6) is 0.131. The van der Waals surface area contributed by atoms with Gasteiger partial charge in [-0.2, -0.15) is 0 Å². The smallest absolute Gasteiger partial charge is 0.165 e. The summed E-state index contributed by atoms with van der Waals surface area (Å²) in [6.45, 7) is 2.81. The molecule has 19 heavy (non-hydrogen) atoms. The molecule has 0 spiro atoms. The molecule has 2 aromatic rings. The molecule has 4 heteroatoms. The number of rotatable bonds is 6. The molecule has 2 N–H and O–H groups in total. The Bertz CT molecular complexity index is 513. The lowest BCUT2D eigenvalue weighted by Crippen LogP contribution is -2.15. The lowest BCUT2D eigenvalue weighted by Gasteiger charge is -2.15. The first-order chi connectivity index (χ1) is 9.24. The molecular weight excluding hydrogens is 261 g/mol. The van der Waals surface area contributed by atoms with Crippen LogP contribution in [0.3, 0.4) is 0 Å². The van der Waals surface area contributed by atoms with E-state index in [-0.39, 0.29) is 11.7 Å². The highest BCUT2D eigenvalue weighted by Crippen LogP contribution is 2.26. The van der Waals surface area contributed by atoms with Gasteiger partial charge in [-0.3, -0.25) is 0 Å². The Morgan fingerprint density at radius 2 is 2.21 bits per heavy atom. The molecule has 0 aliphatic carbocycles. The molecule has 1 heterocycles. The predicted octanol–water partition coefficient (Wildman–Crippen LogP) is 3.57. The minimum Gasteiger partial charge on any atom is -0.491 e. The maximum atomic E-state index is 13.8. The fourth-order valence-electron chi connectivity index (χ4n) is 2.05.